The minimum absolute atomic E-state index is 0.235. The Morgan fingerprint density at radius 3 is 2.06 bits per heavy atom. The molecule has 4 rings (SSSR count). The van der Waals surface area contributed by atoms with E-state index in [0.717, 1.165) is 22.3 Å². The van der Waals surface area contributed by atoms with Crippen LogP contribution in [0.25, 0.3) is 28.3 Å². The Hall–Kier alpha value is -3.79. The summed E-state index contributed by atoms with van der Waals surface area (Å²) in [4.78, 5) is 0. The highest BCUT2D eigenvalue weighted by molar-refractivity contribution is 5.67. The number of benzene rings is 4. The van der Waals surface area contributed by atoms with Crippen LogP contribution in [-0.2, 0) is 12.8 Å². The van der Waals surface area contributed by atoms with E-state index in [9.17, 15) is 13.2 Å². The first-order valence-electron chi connectivity index (χ1n) is 11.7. The van der Waals surface area contributed by atoms with Crippen molar-refractivity contribution in [2.24, 2.45) is 0 Å². The Bertz CT molecular complexity index is 1320. The molecule has 1 nitrogen and oxygen atoms in total. The number of hydrogen-bond acceptors (Lipinski definition) is 1. The molecule has 0 amide bonds. The first-order chi connectivity index (χ1) is 17.0. The van der Waals surface area contributed by atoms with E-state index in [1.54, 1.807) is 30.3 Å². The molecule has 0 aliphatic rings. The van der Waals surface area contributed by atoms with E-state index in [0.29, 0.717) is 30.6 Å². The molecule has 4 aromatic rings. The molecule has 0 N–H and O–H groups in total. The molecular weight excluding hydrogens is 445 g/mol. The third-order valence-corrected chi connectivity index (χ3v) is 5.95. The van der Waals surface area contributed by atoms with Crippen LogP contribution >= 0.6 is 0 Å². The van der Waals surface area contributed by atoms with E-state index >= 15 is 0 Å². The molecule has 4 heteroatoms. The molecule has 35 heavy (non-hydrogen) atoms. The van der Waals surface area contributed by atoms with Crippen molar-refractivity contribution in [3.8, 4) is 28.0 Å². The van der Waals surface area contributed by atoms with Crippen molar-refractivity contribution in [2.45, 2.75) is 26.7 Å². The van der Waals surface area contributed by atoms with E-state index < -0.39 is 17.5 Å². The zero-order valence-corrected chi connectivity index (χ0v) is 19.8. The second-order valence-electron chi connectivity index (χ2n) is 8.30. The highest BCUT2D eigenvalue weighted by Crippen LogP contribution is 2.29. The maximum atomic E-state index is 14.8. The number of rotatable bonds is 8. The topological polar surface area (TPSA) is 9.23 Å². The van der Waals surface area contributed by atoms with Crippen LogP contribution in [-0.4, -0.2) is 6.61 Å². The van der Waals surface area contributed by atoms with Gasteiger partial charge in [0.2, 0.25) is 0 Å². The van der Waals surface area contributed by atoms with Crippen LogP contribution in [0.5, 0.6) is 5.75 Å². The van der Waals surface area contributed by atoms with E-state index in [4.69, 9.17) is 4.74 Å². The first kappa shape index (κ1) is 24.3. The first-order valence-corrected chi connectivity index (χ1v) is 11.7. The van der Waals surface area contributed by atoms with E-state index in [1.165, 1.54) is 6.07 Å². The standard InChI is InChI=1S/C31H27F3O/c1-3-5-21-8-13-24(14-9-21)27-18-16-25(30(33)31(27)34)15-10-22-6-11-23(12-7-22)26-17-19-29(35-4-2)28(32)20-26/h3,5-9,11-14,16-20H,4,10,15H2,1-2H3/b5-3+. The van der Waals surface area contributed by atoms with Gasteiger partial charge in [0.1, 0.15) is 0 Å². The molecular formula is C31H27F3O. The summed E-state index contributed by atoms with van der Waals surface area (Å²) in [7, 11) is 0. The lowest BCUT2D eigenvalue weighted by molar-refractivity contribution is 0.321. The van der Waals surface area contributed by atoms with Gasteiger partial charge in [0.05, 0.1) is 6.61 Å². The summed E-state index contributed by atoms with van der Waals surface area (Å²) < 4.78 is 49.1. The molecule has 0 bridgehead atoms. The van der Waals surface area contributed by atoms with Crippen LogP contribution in [0.3, 0.4) is 0 Å². The molecule has 0 atom stereocenters. The minimum atomic E-state index is -0.825. The maximum absolute atomic E-state index is 14.8. The van der Waals surface area contributed by atoms with Gasteiger partial charge in [0.15, 0.2) is 23.2 Å². The van der Waals surface area contributed by atoms with Gasteiger partial charge in [-0.05, 0) is 72.2 Å². The second kappa shape index (κ2) is 11.1. The van der Waals surface area contributed by atoms with Crippen molar-refractivity contribution in [3.05, 3.63) is 119 Å². The average molecular weight is 473 g/mol. The Kier molecular flexibility index (Phi) is 7.71. The highest BCUT2D eigenvalue weighted by Gasteiger charge is 2.15. The van der Waals surface area contributed by atoms with Gasteiger partial charge in [-0.25, -0.2) is 13.2 Å². The van der Waals surface area contributed by atoms with Crippen molar-refractivity contribution in [1.29, 1.82) is 0 Å². The third kappa shape index (κ3) is 5.65. The number of aryl methyl sites for hydroxylation is 2. The smallest absolute Gasteiger partial charge is 0.166 e. The highest BCUT2D eigenvalue weighted by atomic mass is 19.2. The zero-order chi connectivity index (χ0) is 24.8. The SMILES string of the molecule is C/C=C/c1ccc(-c2ccc(CCc3ccc(-c4ccc(OCC)c(F)c4)cc3)c(F)c2F)cc1. The molecule has 0 aromatic heterocycles. The fraction of sp³-hybridized carbons (Fsp3) is 0.161. The van der Waals surface area contributed by atoms with Gasteiger partial charge in [0.25, 0.3) is 0 Å². The Labute approximate surface area is 204 Å². The molecule has 178 valence electrons. The molecule has 0 saturated heterocycles. The average Bonchev–Trinajstić information content (AvgIpc) is 2.87. The van der Waals surface area contributed by atoms with E-state index in [1.807, 2.05) is 68.5 Å². The monoisotopic (exact) mass is 472 g/mol. The van der Waals surface area contributed by atoms with Crippen molar-refractivity contribution < 1.29 is 17.9 Å². The summed E-state index contributed by atoms with van der Waals surface area (Å²) in [6.45, 7) is 4.14. The van der Waals surface area contributed by atoms with Gasteiger partial charge < -0.3 is 4.74 Å². The molecule has 4 aromatic carbocycles. The summed E-state index contributed by atoms with van der Waals surface area (Å²) in [6.07, 6.45) is 4.82. The molecule has 0 aliphatic heterocycles. The fourth-order valence-electron chi connectivity index (χ4n) is 4.07. The van der Waals surface area contributed by atoms with Crippen molar-refractivity contribution in [2.75, 3.05) is 6.61 Å². The summed E-state index contributed by atoms with van der Waals surface area (Å²) in [5.41, 5.74) is 4.86. The number of hydrogen-bond donors (Lipinski definition) is 0. The molecule has 0 radical (unpaired) electrons. The zero-order valence-electron chi connectivity index (χ0n) is 19.8. The van der Waals surface area contributed by atoms with Gasteiger partial charge in [-0.15, -0.1) is 0 Å². The lowest BCUT2D eigenvalue weighted by Crippen LogP contribution is -2.00. The number of ether oxygens (including phenoxy) is 1. The summed E-state index contributed by atoms with van der Waals surface area (Å²) >= 11 is 0. The van der Waals surface area contributed by atoms with Crippen LogP contribution in [0.2, 0.25) is 0 Å². The van der Waals surface area contributed by atoms with Crippen LogP contribution < -0.4 is 4.74 Å². The molecule has 0 saturated carbocycles. The van der Waals surface area contributed by atoms with Crippen molar-refractivity contribution in [1.82, 2.24) is 0 Å². The number of allylic oxidation sites excluding steroid dienone is 1. The second-order valence-corrected chi connectivity index (χ2v) is 8.30. The predicted octanol–water partition coefficient (Wildman–Crippen LogP) is 8.65. The maximum Gasteiger partial charge on any atom is 0.166 e. The van der Waals surface area contributed by atoms with Crippen molar-refractivity contribution >= 4 is 6.08 Å². The molecule has 0 aliphatic carbocycles. The van der Waals surface area contributed by atoms with Crippen LogP contribution in [0, 0.1) is 17.5 Å². The van der Waals surface area contributed by atoms with Gasteiger partial charge in [0, 0.05) is 5.56 Å². The van der Waals surface area contributed by atoms with Gasteiger partial charge in [-0.3, -0.25) is 0 Å². The van der Waals surface area contributed by atoms with Gasteiger partial charge in [-0.1, -0.05) is 78.9 Å². The Morgan fingerprint density at radius 2 is 1.40 bits per heavy atom. The summed E-state index contributed by atoms with van der Waals surface area (Å²) in [6, 6.07) is 23.2. The Balaban J connectivity index is 1.45. The largest absolute Gasteiger partial charge is 0.491 e. The van der Waals surface area contributed by atoms with E-state index in [2.05, 4.69) is 0 Å². The van der Waals surface area contributed by atoms with Gasteiger partial charge >= 0.3 is 0 Å². The van der Waals surface area contributed by atoms with Gasteiger partial charge in [-0.2, -0.15) is 0 Å². The third-order valence-electron chi connectivity index (χ3n) is 5.95. The Morgan fingerprint density at radius 1 is 0.714 bits per heavy atom. The molecule has 0 spiro atoms. The van der Waals surface area contributed by atoms with Crippen LogP contribution in [0.15, 0.2) is 84.9 Å². The fourth-order valence-corrected chi connectivity index (χ4v) is 4.07. The quantitative estimate of drug-likeness (QED) is 0.249. The lowest BCUT2D eigenvalue weighted by atomic mass is 9.97. The minimum Gasteiger partial charge on any atom is -0.491 e. The normalized spacial score (nSPS) is 11.2. The molecule has 0 heterocycles. The number of halogens is 3. The predicted molar refractivity (Wildman–Crippen MR) is 137 cm³/mol. The summed E-state index contributed by atoms with van der Waals surface area (Å²) in [5, 5.41) is 0. The van der Waals surface area contributed by atoms with Crippen molar-refractivity contribution in [3.63, 3.8) is 0 Å². The van der Waals surface area contributed by atoms with Crippen LogP contribution in [0.4, 0.5) is 13.2 Å². The summed E-state index contributed by atoms with van der Waals surface area (Å²) in [5.74, 6) is -1.79. The molecule has 0 fully saturated rings. The van der Waals surface area contributed by atoms with E-state index in [-0.39, 0.29) is 11.3 Å². The van der Waals surface area contributed by atoms with Crippen LogP contribution in [0.1, 0.15) is 30.5 Å². The molecule has 0 unspecified atom stereocenters. The lowest BCUT2D eigenvalue weighted by Gasteiger charge is -2.10.